The van der Waals surface area contributed by atoms with E-state index in [1.165, 1.54) is 0 Å². The van der Waals surface area contributed by atoms with E-state index in [2.05, 4.69) is 0 Å². The van der Waals surface area contributed by atoms with Gasteiger partial charge in [-0.2, -0.15) is 0 Å². The van der Waals surface area contributed by atoms with Crippen LogP contribution >= 0.6 is 0 Å². The maximum absolute atomic E-state index is 11.6. The lowest BCUT2D eigenvalue weighted by Crippen LogP contribution is -2.05. The summed E-state index contributed by atoms with van der Waals surface area (Å²) in [5.41, 5.74) is 2.25. The number of carbonyl (C=O) groups excluding carboxylic acids is 2. The van der Waals surface area contributed by atoms with Crippen LogP contribution in [0.3, 0.4) is 0 Å². The normalized spacial score (nSPS) is 12.2. The monoisotopic (exact) mass is 378 g/mol. The van der Waals surface area contributed by atoms with E-state index in [-0.39, 0.29) is 12.2 Å². The molecule has 0 N–H and O–H groups in total. The van der Waals surface area contributed by atoms with Crippen molar-refractivity contribution in [2.45, 2.75) is 39.9 Å². The molecule has 0 amide bonds. The molecule has 0 aliphatic heterocycles. The summed E-state index contributed by atoms with van der Waals surface area (Å²) in [5, 5.41) is 0. The van der Waals surface area contributed by atoms with Crippen molar-refractivity contribution in [3.63, 3.8) is 0 Å². The molecule has 0 radical (unpaired) electrons. The van der Waals surface area contributed by atoms with E-state index < -0.39 is 0 Å². The molecule has 2 rings (SSSR count). The van der Waals surface area contributed by atoms with E-state index in [1.807, 2.05) is 76.2 Å². The van der Waals surface area contributed by atoms with E-state index in [9.17, 15) is 9.59 Å². The zero-order chi connectivity index (χ0) is 20.5. The Kier molecular flexibility index (Phi) is 7.76. The van der Waals surface area contributed by atoms with Gasteiger partial charge >= 0.3 is 0 Å². The first-order chi connectivity index (χ1) is 13.4. The second-order valence-electron chi connectivity index (χ2n) is 6.91. The topological polar surface area (TPSA) is 52.6 Å². The molecule has 0 fully saturated rings. The van der Waals surface area contributed by atoms with Crippen molar-refractivity contribution < 1.29 is 19.1 Å². The fraction of sp³-hybridized carbons (Fsp3) is 0.250. The molecular formula is C24H26O4. The highest BCUT2D eigenvalue weighted by Gasteiger charge is 2.06. The number of benzene rings is 2. The molecule has 0 spiro atoms. The lowest BCUT2D eigenvalue weighted by molar-refractivity contribution is -0.107. The Balaban J connectivity index is 2.24. The van der Waals surface area contributed by atoms with E-state index in [4.69, 9.17) is 9.47 Å². The van der Waals surface area contributed by atoms with E-state index >= 15 is 0 Å². The highest BCUT2D eigenvalue weighted by molar-refractivity contribution is 6.02. The first-order valence-corrected chi connectivity index (χ1v) is 9.29. The second-order valence-corrected chi connectivity index (χ2v) is 6.91. The zero-order valence-electron chi connectivity index (χ0n) is 16.7. The zero-order valence-corrected chi connectivity index (χ0v) is 16.7. The molecule has 0 heterocycles. The highest BCUT2D eigenvalue weighted by Crippen LogP contribution is 2.20. The van der Waals surface area contributed by atoms with Crippen LogP contribution in [0.15, 0.2) is 59.7 Å². The number of carbonyl (C=O) groups is 2. The Labute approximate surface area is 166 Å². The number of hydrogen-bond acceptors (Lipinski definition) is 4. The van der Waals surface area contributed by atoms with Gasteiger partial charge in [0.05, 0.1) is 12.2 Å². The number of aldehydes is 2. The van der Waals surface area contributed by atoms with Crippen LogP contribution < -0.4 is 9.47 Å². The molecule has 0 saturated heterocycles. The molecule has 0 aliphatic carbocycles. The molecule has 4 heteroatoms. The molecule has 146 valence electrons. The fourth-order valence-corrected chi connectivity index (χ4v) is 2.56. The SMILES string of the molecule is CC(C)Oc1ccc(/C=C(C=O)\C(C=O)=C/c2ccc(OC(C)C)cc2)cc1. The maximum Gasteiger partial charge on any atom is 0.150 e. The molecule has 4 nitrogen and oxygen atoms in total. The van der Waals surface area contributed by atoms with Crippen LogP contribution in [0, 0.1) is 0 Å². The highest BCUT2D eigenvalue weighted by atomic mass is 16.5. The summed E-state index contributed by atoms with van der Waals surface area (Å²) in [6.45, 7) is 7.84. The Morgan fingerprint density at radius 1 is 0.643 bits per heavy atom. The molecule has 0 saturated carbocycles. The lowest BCUT2D eigenvalue weighted by Gasteiger charge is -2.10. The van der Waals surface area contributed by atoms with Crippen LogP contribution in [-0.4, -0.2) is 24.8 Å². The van der Waals surface area contributed by atoms with Crippen LogP contribution in [0.2, 0.25) is 0 Å². The molecule has 0 bridgehead atoms. The summed E-state index contributed by atoms with van der Waals surface area (Å²) >= 11 is 0. The van der Waals surface area contributed by atoms with Gasteiger partial charge in [0.15, 0.2) is 12.6 Å². The van der Waals surface area contributed by atoms with Crippen LogP contribution in [0.4, 0.5) is 0 Å². The average molecular weight is 378 g/mol. The van der Waals surface area contributed by atoms with Gasteiger partial charge in [0.2, 0.25) is 0 Å². The van der Waals surface area contributed by atoms with Crippen LogP contribution in [-0.2, 0) is 9.59 Å². The summed E-state index contributed by atoms with van der Waals surface area (Å²) in [5.74, 6) is 1.52. The number of allylic oxidation sites excluding steroid dienone is 2. The summed E-state index contributed by atoms with van der Waals surface area (Å²) in [6.07, 6.45) is 4.93. The van der Waals surface area contributed by atoms with Gasteiger partial charge < -0.3 is 9.47 Å². The predicted octanol–water partition coefficient (Wildman–Crippen LogP) is 5.13. The Hall–Kier alpha value is -3.14. The Morgan fingerprint density at radius 2 is 0.964 bits per heavy atom. The Morgan fingerprint density at radius 3 is 1.21 bits per heavy atom. The van der Waals surface area contributed by atoms with E-state index in [0.29, 0.717) is 23.7 Å². The van der Waals surface area contributed by atoms with Crippen LogP contribution in [0.1, 0.15) is 38.8 Å². The van der Waals surface area contributed by atoms with Crippen molar-refractivity contribution >= 4 is 24.7 Å². The first-order valence-electron chi connectivity index (χ1n) is 9.29. The maximum atomic E-state index is 11.6. The molecule has 0 aromatic heterocycles. The minimum Gasteiger partial charge on any atom is -0.491 e. The van der Waals surface area contributed by atoms with Crippen molar-refractivity contribution in [2.24, 2.45) is 0 Å². The van der Waals surface area contributed by atoms with Crippen LogP contribution in [0.5, 0.6) is 11.5 Å². The van der Waals surface area contributed by atoms with Gasteiger partial charge in [0.25, 0.3) is 0 Å². The molecule has 2 aromatic rings. The minimum atomic E-state index is 0.0915. The number of ether oxygens (including phenoxy) is 2. The largest absolute Gasteiger partial charge is 0.491 e. The Bertz CT molecular complexity index is 768. The first kappa shape index (κ1) is 21.2. The van der Waals surface area contributed by atoms with Crippen molar-refractivity contribution in [1.82, 2.24) is 0 Å². The van der Waals surface area contributed by atoms with Gasteiger partial charge in [-0.15, -0.1) is 0 Å². The predicted molar refractivity (Wildman–Crippen MR) is 112 cm³/mol. The van der Waals surface area contributed by atoms with Gasteiger partial charge in [0.1, 0.15) is 11.5 Å². The molecule has 0 aliphatic rings. The molecule has 0 unspecified atom stereocenters. The summed E-state index contributed by atoms with van der Waals surface area (Å²) in [4.78, 5) is 23.2. The smallest absolute Gasteiger partial charge is 0.150 e. The second kappa shape index (κ2) is 10.3. The summed E-state index contributed by atoms with van der Waals surface area (Å²) in [6, 6.07) is 14.8. The van der Waals surface area contributed by atoms with Crippen molar-refractivity contribution in [1.29, 1.82) is 0 Å². The molecule has 0 atom stereocenters. The number of rotatable bonds is 9. The third-order valence-electron chi connectivity index (χ3n) is 3.74. The molecule has 28 heavy (non-hydrogen) atoms. The van der Waals surface area contributed by atoms with E-state index in [1.54, 1.807) is 12.2 Å². The standard InChI is InChI=1S/C24H26O4/c1-17(2)27-23-9-5-19(6-10-23)13-21(15-25)22(16-26)14-20-7-11-24(12-8-20)28-18(3)4/h5-18H,1-4H3/b21-13-,22-14-. The van der Waals surface area contributed by atoms with Gasteiger partial charge in [-0.25, -0.2) is 0 Å². The van der Waals surface area contributed by atoms with Crippen molar-refractivity contribution in [2.75, 3.05) is 0 Å². The lowest BCUT2D eigenvalue weighted by atomic mass is 10.0. The van der Waals surface area contributed by atoms with Gasteiger partial charge in [-0.3, -0.25) is 9.59 Å². The third-order valence-corrected chi connectivity index (χ3v) is 3.74. The summed E-state index contributed by atoms with van der Waals surface area (Å²) in [7, 11) is 0. The fourth-order valence-electron chi connectivity index (χ4n) is 2.56. The van der Waals surface area contributed by atoms with E-state index in [0.717, 1.165) is 22.6 Å². The molecular weight excluding hydrogens is 352 g/mol. The average Bonchev–Trinajstić information content (AvgIpc) is 2.66. The van der Waals surface area contributed by atoms with Crippen molar-refractivity contribution in [3.8, 4) is 11.5 Å². The molecule has 2 aromatic carbocycles. The number of hydrogen-bond donors (Lipinski definition) is 0. The minimum absolute atomic E-state index is 0.0915. The third kappa shape index (κ3) is 6.54. The quantitative estimate of drug-likeness (QED) is 0.345. The van der Waals surface area contributed by atoms with Gasteiger partial charge in [-0.05, 0) is 75.2 Å². The van der Waals surface area contributed by atoms with Gasteiger partial charge in [0, 0.05) is 11.1 Å². The van der Waals surface area contributed by atoms with Crippen molar-refractivity contribution in [3.05, 3.63) is 70.8 Å². The summed E-state index contributed by atoms with van der Waals surface area (Å²) < 4.78 is 11.2. The van der Waals surface area contributed by atoms with Crippen LogP contribution in [0.25, 0.3) is 12.2 Å². The van der Waals surface area contributed by atoms with Gasteiger partial charge in [-0.1, -0.05) is 24.3 Å².